The van der Waals surface area contributed by atoms with E-state index in [1.165, 1.54) is 4.68 Å². The molecule has 2 aromatic heterocycles. The van der Waals surface area contributed by atoms with Crippen LogP contribution in [0.5, 0.6) is 0 Å². The van der Waals surface area contributed by atoms with Crippen molar-refractivity contribution in [2.24, 2.45) is 7.05 Å². The summed E-state index contributed by atoms with van der Waals surface area (Å²) < 4.78 is 8.35. The Labute approximate surface area is 137 Å². The molecular formula is C15H14ClN5O2. The third kappa shape index (κ3) is 3.24. The number of hydrogen-bond donors (Lipinski definition) is 0. The van der Waals surface area contributed by atoms with Gasteiger partial charge in [-0.3, -0.25) is 4.68 Å². The number of benzene rings is 1. The summed E-state index contributed by atoms with van der Waals surface area (Å²) in [5.41, 5.74) is 1.45. The second-order valence-corrected chi connectivity index (χ2v) is 5.35. The monoisotopic (exact) mass is 331 g/mol. The molecule has 0 fully saturated rings. The zero-order valence-corrected chi connectivity index (χ0v) is 13.4. The van der Waals surface area contributed by atoms with Gasteiger partial charge in [0, 0.05) is 18.8 Å². The van der Waals surface area contributed by atoms with Crippen LogP contribution in [0.2, 0.25) is 5.02 Å². The largest absolute Gasteiger partial charge is 0.455 e. The molecule has 0 aliphatic heterocycles. The Morgan fingerprint density at radius 3 is 2.83 bits per heavy atom. The number of aryl methyl sites for hydroxylation is 2. The summed E-state index contributed by atoms with van der Waals surface area (Å²) in [6.07, 6.45) is 3.41. The molecule has 7 nitrogen and oxygen atoms in total. The van der Waals surface area contributed by atoms with E-state index in [-0.39, 0.29) is 12.4 Å². The first-order valence-corrected chi connectivity index (χ1v) is 7.25. The minimum absolute atomic E-state index is 0.00805. The third-order valence-electron chi connectivity index (χ3n) is 3.16. The average Bonchev–Trinajstić information content (AvgIpc) is 3.11. The van der Waals surface area contributed by atoms with Crippen molar-refractivity contribution in [2.75, 3.05) is 0 Å². The fraction of sp³-hybridized carbons (Fsp3) is 0.200. The van der Waals surface area contributed by atoms with Gasteiger partial charge in [0.1, 0.15) is 12.4 Å². The van der Waals surface area contributed by atoms with Crippen LogP contribution in [-0.2, 0) is 18.4 Å². The average molecular weight is 332 g/mol. The molecule has 118 valence electrons. The summed E-state index contributed by atoms with van der Waals surface area (Å²) in [6, 6.07) is 7.21. The van der Waals surface area contributed by atoms with E-state index in [1.807, 2.05) is 12.1 Å². The Morgan fingerprint density at radius 2 is 2.13 bits per heavy atom. The van der Waals surface area contributed by atoms with Crippen LogP contribution in [-0.4, -0.2) is 30.5 Å². The van der Waals surface area contributed by atoms with Gasteiger partial charge < -0.3 is 4.74 Å². The highest BCUT2D eigenvalue weighted by molar-refractivity contribution is 6.32. The van der Waals surface area contributed by atoms with Crippen LogP contribution >= 0.6 is 11.6 Å². The molecule has 0 radical (unpaired) electrons. The molecular weight excluding hydrogens is 318 g/mol. The molecule has 0 unspecified atom stereocenters. The lowest BCUT2D eigenvalue weighted by molar-refractivity contribution is 0.0458. The molecule has 1 aromatic carbocycles. The number of hydrogen-bond acceptors (Lipinski definition) is 5. The first kappa shape index (κ1) is 15.2. The van der Waals surface area contributed by atoms with Gasteiger partial charge in [-0.15, -0.1) is 5.10 Å². The predicted molar refractivity (Wildman–Crippen MR) is 83.4 cm³/mol. The quantitative estimate of drug-likeness (QED) is 0.686. The zero-order valence-electron chi connectivity index (χ0n) is 12.6. The van der Waals surface area contributed by atoms with Crippen LogP contribution in [0.1, 0.15) is 22.0 Å². The molecule has 0 N–H and O–H groups in total. The molecule has 0 saturated carbocycles. The molecule has 2 heterocycles. The molecule has 3 aromatic rings. The lowest BCUT2D eigenvalue weighted by Gasteiger charge is -2.04. The van der Waals surface area contributed by atoms with Gasteiger partial charge >= 0.3 is 5.97 Å². The number of carbonyl (C=O) groups excluding carboxylic acids is 1. The van der Waals surface area contributed by atoms with Crippen molar-refractivity contribution >= 4 is 17.6 Å². The summed E-state index contributed by atoms with van der Waals surface area (Å²) >= 11 is 6.15. The molecule has 0 saturated heterocycles. The van der Waals surface area contributed by atoms with E-state index in [1.54, 1.807) is 43.2 Å². The molecule has 8 heteroatoms. The Morgan fingerprint density at radius 1 is 1.35 bits per heavy atom. The lowest BCUT2D eigenvalue weighted by Crippen LogP contribution is -2.08. The molecule has 23 heavy (non-hydrogen) atoms. The van der Waals surface area contributed by atoms with Gasteiger partial charge in [-0.05, 0) is 19.1 Å². The van der Waals surface area contributed by atoms with Crippen molar-refractivity contribution in [3.8, 4) is 5.69 Å². The number of para-hydroxylation sites is 1. The fourth-order valence-corrected chi connectivity index (χ4v) is 2.30. The Kier molecular flexibility index (Phi) is 4.12. The Hall–Kier alpha value is -2.67. The number of aromatic nitrogens is 5. The van der Waals surface area contributed by atoms with Crippen LogP contribution in [0, 0.1) is 6.92 Å². The van der Waals surface area contributed by atoms with Crippen LogP contribution in [0.15, 0.2) is 36.7 Å². The van der Waals surface area contributed by atoms with Crippen molar-refractivity contribution in [2.45, 2.75) is 13.5 Å². The minimum atomic E-state index is -0.595. The van der Waals surface area contributed by atoms with E-state index in [2.05, 4.69) is 15.2 Å². The topological polar surface area (TPSA) is 74.8 Å². The molecule has 0 bridgehead atoms. The molecule has 0 amide bonds. The van der Waals surface area contributed by atoms with E-state index in [9.17, 15) is 4.79 Å². The van der Waals surface area contributed by atoms with Crippen molar-refractivity contribution < 1.29 is 9.53 Å². The third-order valence-corrected chi connectivity index (χ3v) is 3.48. The first-order chi connectivity index (χ1) is 11.0. The lowest BCUT2D eigenvalue weighted by atomic mass is 10.3. The smallest absolute Gasteiger partial charge is 0.378 e. The van der Waals surface area contributed by atoms with Gasteiger partial charge in [0.05, 0.1) is 16.9 Å². The summed E-state index contributed by atoms with van der Waals surface area (Å²) in [6.45, 7) is 1.86. The highest BCUT2D eigenvalue weighted by atomic mass is 35.5. The van der Waals surface area contributed by atoms with Gasteiger partial charge in [-0.2, -0.15) is 5.10 Å². The van der Waals surface area contributed by atoms with Crippen molar-refractivity contribution in [1.82, 2.24) is 24.5 Å². The maximum atomic E-state index is 12.1. The number of nitrogens with zero attached hydrogens (tertiary/aromatic N) is 5. The maximum Gasteiger partial charge on any atom is 0.378 e. The molecule has 0 atom stereocenters. The van der Waals surface area contributed by atoms with Gasteiger partial charge in [0.15, 0.2) is 0 Å². The highest BCUT2D eigenvalue weighted by Gasteiger charge is 2.18. The number of esters is 1. The van der Waals surface area contributed by atoms with Crippen molar-refractivity contribution in [3.05, 3.63) is 58.9 Å². The summed E-state index contributed by atoms with van der Waals surface area (Å²) in [5, 5.41) is 8.72. The van der Waals surface area contributed by atoms with Crippen LogP contribution < -0.4 is 0 Å². The Balaban J connectivity index is 1.77. The van der Waals surface area contributed by atoms with E-state index in [0.29, 0.717) is 16.5 Å². The second kappa shape index (κ2) is 6.21. The van der Waals surface area contributed by atoms with Crippen molar-refractivity contribution in [3.63, 3.8) is 0 Å². The standard InChI is InChI=1S/C15H14ClN5O2/c1-10-18-14(15(22)23-9-11-7-17-20(2)8-11)19-21(10)13-6-4-3-5-12(13)16/h3-8H,9H2,1-2H3. The van der Waals surface area contributed by atoms with E-state index >= 15 is 0 Å². The minimum Gasteiger partial charge on any atom is -0.455 e. The summed E-state index contributed by atoms with van der Waals surface area (Å²) in [7, 11) is 1.79. The van der Waals surface area contributed by atoms with Crippen LogP contribution in [0.25, 0.3) is 5.69 Å². The number of halogens is 1. The summed E-state index contributed by atoms with van der Waals surface area (Å²) in [5.74, 6) is -0.0551. The second-order valence-electron chi connectivity index (χ2n) is 4.94. The predicted octanol–water partition coefficient (Wildman–Crippen LogP) is 2.32. The molecule has 0 aliphatic rings. The summed E-state index contributed by atoms with van der Waals surface area (Å²) in [4.78, 5) is 16.2. The first-order valence-electron chi connectivity index (χ1n) is 6.88. The molecule has 0 spiro atoms. The fourth-order valence-electron chi connectivity index (χ4n) is 2.09. The number of carbonyl (C=O) groups is 1. The highest BCUT2D eigenvalue weighted by Crippen LogP contribution is 2.20. The SMILES string of the molecule is Cc1nc(C(=O)OCc2cnn(C)c2)nn1-c1ccccc1Cl. The van der Waals surface area contributed by atoms with Gasteiger partial charge in [0.2, 0.25) is 0 Å². The zero-order chi connectivity index (χ0) is 16.4. The van der Waals surface area contributed by atoms with Crippen molar-refractivity contribution in [1.29, 1.82) is 0 Å². The van der Waals surface area contributed by atoms with E-state index in [0.717, 1.165) is 5.56 Å². The normalized spacial score (nSPS) is 10.7. The van der Waals surface area contributed by atoms with Crippen LogP contribution in [0.3, 0.4) is 0 Å². The van der Waals surface area contributed by atoms with E-state index in [4.69, 9.17) is 16.3 Å². The maximum absolute atomic E-state index is 12.1. The Bertz CT molecular complexity index is 855. The van der Waals surface area contributed by atoms with Gasteiger partial charge in [0.25, 0.3) is 5.82 Å². The van der Waals surface area contributed by atoms with E-state index < -0.39 is 5.97 Å². The number of rotatable bonds is 4. The number of ether oxygens (including phenoxy) is 1. The van der Waals surface area contributed by atoms with Crippen LogP contribution in [0.4, 0.5) is 0 Å². The molecule has 0 aliphatic carbocycles. The molecule has 3 rings (SSSR count). The van der Waals surface area contributed by atoms with Gasteiger partial charge in [-0.1, -0.05) is 23.7 Å². The van der Waals surface area contributed by atoms with Gasteiger partial charge in [-0.25, -0.2) is 14.5 Å².